The molecule has 0 saturated carbocycles. The van der Waals surface area contributed by atoms with E-state index in [2.05, 4.69) is 48.1 Å². The second-order valence-electron chi connectivity index (χ2n) is 14.2. The Morgan fingerprint density at radius 3 is 2.40 bits per heavy atom. The minimum atomic E-state index is -2.29. The Labute approximate surface area is 301 Å². The first-order valence-corrected chi connectivity index (χ1v) is 21.0. The number of hydrogen-bond acceptors (Lipinski definition) is 5. The molecule has 0 aromatic heterocycles. The van der Waals surface area contributed by atoms with Gasteiger partial charge in [0.05, 0.1) is 44.8 Å². The molecule has 2 amide bonds. The summed E-state index contributed by atoms with van der Waals surface area (Å²) in [5.74, 6) is 0.486. The first kappa shape index (κ1) is 32.9. The number of rotatable bonds is 8. The topological polar surface area (TPSA) is 79.3 Å². The van der Waals surface area contributed by atoms with Crippen LogP contribution in [0.2, 0.25) is 18.6 Å². The summed E-state index contributed by atoms with van der Waals surface area (Å²) in [5.41, 5.74) is 3.73. The van der Waals surface area contributed by atoms with Crippen molar-refractivity contribution in [1.82, 2.24) is 0 Å². The molecule has 1 saturated heterocycles. The summed E-state index contributed by atoms with van der Waals surface area (Å²) in [6.45, 7) is 7.12. The highest BCUT2D eigenvalue weighted by molar-refractivity contribution is 9.10. The van der Waals surface area contributed by atoms with Gasteiger partial charge < -0.3 is 19.5 Å². The third-order valence-electron chi connectivity index (χ3n) is 11.3. The average molecular weight is 748 g/mol. The molecule has 1 fully saturated rings. The van der Waals surface area contributed by atoms with Crippen LogP contribution in [0.5, 0.6) is 5.75 Å². The Hall–Kier alpha value is -4.28. The third-order valence-corrected chi connectivity index (χ3v) is 16.1. The SMILES string of the molecule is COc1ccc([Si](C)(C)[C@H]2[C@H](CCO)O[C@@]3(C(=O)N(Cc4cccc(N5C(=O)c6cccc7cccc5c67)c4)c4ccc(Br)cc43)[C@@H]2C)cc1. The van der Waals surface area contributed by atoms with E-state index < -0.39 is 13.7 Å². The van der Waals surface area contributed by atoms with E-state index in [-0.39, 0.29) is 36.0 Å². The van der Waals surface area contributed by atoms with Crippen LogP contribution >= 0.6 is 15.9 Å². The van der Waals surface area contributed by atoms with Gasteiger partial charge in [0.1, 0.15) is 5.75 Å². The number of ether oxygens (including phenoxy) is 2. The largest absolute Gasteiger partial charge is 0.497 e. The lowest BCUT2D eigenvalue weighted by atomic mass is 9.82. The summed E-state index contributed by atoms with van der Waals surface area (Å²) in [7, 11) is -0.620. The molecule has 1 N–H and O–H groups in total. The molecule has 5 aromatic carbocycles. The van der Waals surface area contributed by atoms with Gasteiger partial charge >= 0.3 is 0 Å². The lowest BCUT2D eigenvalue weighted by Crippen LogP contribution is -2.51. The number of carbonyl (C=O) groups excluding carboxylic acids is 2. The standard InChI is InChI=1S/C41H39BrN2O5Si/c1-25-38(50(3,4)31-17-15-30(48-2)16-18-31)36(20-21-45)49-41(25)33-23-28(42)14-19-34(33)43(40(41)47)24-26-8-5-11-29(22-26)44-35-13-7-10-27-9-6-12-32(37(27)35)39(44)46/h5-19,22-23,25,36,38,45H,20-21,24H2,1-4H3/t25-,36+,38-,41+/m1/s1. The number of nitrogens with zero attached hydrogens (tertiary/aromatic N) is 2. The summed E-state index contributed by atoms with van der Waals surface area (Å²) in [6, 6.07) is 34.0. The molecule has 0 radical (unpaired) electrons. The zero-order valence-corrected chi connectivity index (χ0v) is 31.1. The Balaban J connectivity index is 1.17. The van der Waals surface area contributed by atoms with Gasteiger partial charge in [0.25, 0.3) is 11.8 Å². The molecular formula is C41H39BrN2O5Si. The molecule has 7 nitrogen and oxygen atoms in total. The summed E-state index contributed by atoms with van der Waals surface area (Å²) in [5, 5.41) is 13.5. The van der Waals surface area contributed by atoms with Crippen molar-refractivity contribution in [3.63, 3.8) is 0 Å². The van der Waals surface area contributed by atoms with Crippen LogP contribution in [-0.2, 0) is 21.7 Å². The van der Waals surface area contributed by atoms with Gasteiger partial charge in [0.2, 0.25) is 0 Å². The number of methoxy groups -OCH3 is 1. The Bertz CT molecular complexity index is 2170. The molecule has 0 bridgehead atoms. The highest BCUT2D eigenvalue weighted by Crippen LogP contribution is 2.60. The molecule has 3 aliphatic heterocycles. The number of hydrogen-bond donors (Lipinski definition) is 1. The van der Waals surface area contributed by atoms with Gasteiger partial charge in [-0.2, -0.15) is 0 Å². The Morgan fingerprint density at radius 2 is 1.66 bits per heavy atom. The van der Waals surface area contributed by atoms with Gasteiger partial charge in [0, 0.05) is 33.6 Å². The predicted molar refractivity (Wildman–Crippen MR) is 203 cm³/mol. The molecule has 5 aromatic rings. The van der Waals surface area contributed by atoms with Gasteiger partial charge in [-0.15, -0.1) is 0 Å². The zero-order chi connectivity index (χ0) is 34.9. The summed E-state index contributed by atoms with van der Waals surface area (Å²) in [6.07, 6.45) is 0.143. The zero-order valence-electron chi connectivity index (χ0n) is 28.5. The third kappa shape index (κ3) is 4.81. The van der Waals surface area contributed by atoms with E-state index in [1.54, 1.807) is 12.0 Å². The fraction of sp³-hybridized carbons (Fsp3) is 0.268. The fourth-order valence-electron chi connectivity index (χ4n) is 8.99. The van der Waals surface area contributed by atoms with Crippen LogP contribution in [0.15, 0.2) is 108 Å². The van der Waals surface area contributed by atoms with Crippen molar-refractivity contribution in [2.24, 2.45) is 5.92 Å². The molecular weight excluding hydrogens is 708 g/mol. The monoisotopic (exact) mass is 746 g/mol. The smallest absolute Gasteiger partial charge is 0.264 e. The second kappa shape index (κ2) is 12.2. The fourth-order valence-corrected chi connectivity index (χ4v) is 13.4. The second-order valence-corrected chi connectivity index (χ2v) is 19.8. The van der Waals surface area contributed by atoms with Crippen LogP contribution in [0, 0.1) is 5.92 Å². The summed E-state index contributed by atoms with van der Waals surface area (Å²) >= 11 is 3.68. The number of carbonyl (C=O) groups is 2. The normalized spacial score (nSPS) is 22.6. The van der Waals surface area contributed by atoms with Crippen molar-refractivity contribution in [2.45, 2.75) is 50.2 Å². The Morgan fingerprint density at radius 1 is 0.920 bits per heavy atom. The molecule has 1 spiro atoms. The van der Waals surface area contributed by atoms with Crippen LogP contribution in [0.4, 0.5) is 17.1 Å². The van der Waals surface area contributed by atoms with Gasteiger partial charge in [-0.1, -0.05) is 89.7 Å². The van der Waals surface area contributed by atoms with Crippen molar-refractivity contribution >= 4 is 68.8 Å². The van der Waals surface area contributed by atoms with E-state index in [0.29, 0.717) is 18.5 Å². The number of benzene rings is 5. The van der Waals surface area contributed by atoms with Crippen LogP contribution < -0.4 is 19.7 Å². The van der Waals surface area contributed by atoms with Gasteiger partial charge in [-0.05, 0) is 77.5 Å². The molecule has 0 unspecified atom stereocenters. The van der Waals surface area contributed by atoms with Crippen LogP contribution in [0.25, 0.3) is 10.8 Å². The van der Waals surface area contributed by atoms with Crippen LogP contribution in [-0.4, -0.2) is 44.8 Å². The van der Waals surface area contributed by atoms with E-state index in [9.17, 15) is 9.90 Å². The van der Waals surface area contributed by atoms with E-state index in [4.69, 9.17) is 9.47 Å². The van der Waals surface area contributed by atoms with Crippen molar-refractivity contribution in [1.29, 1.82) is 0 Å². The predicted octanol–water partition coefficient (Wildman–Crippen LogP) is 8.05. The summed E-state index contributed by atoms with van der Waals surface area (Å²) in [4.78, 5) is 32.4. The molecule has 4 atom stereocenters. The number of fused-ring (bicyclic) bond motifs is 2. The van der Waals surface area contributed by atoms with Gasteiger partial charge in [-0.3, -0.25) is 14.5 Å². The maximum Gasteiger partial charge on any atom is 0.264 e. The minimum absolute atomic E-state index is 0.0279. The number of aliphatic hydroxyl groups is 1. The van der Waals surface area contributed by atoms with Crippen molar-refractivity contribution in [2.75, 3.05) is 23.5 Å². The number of amides is 2. The van der Waals surface area contributed by atoms with Crippen molar-refractivity contribution in [3.8, 4) is 5.75 Å². The van der Waals surface area contributed by atoms with E-state index >= 15 is 4.79 Å². The van der Waals surface area contributed by atoms with Gasteiger partial charge in [0.15, 0.2) is 5.60 Å². The molecule has 254 valence electrons. The number of anilines is 3. The van der Waals surface area contributed by atoms with Gasteiger partial charge in [-0.25, -0.2) is 0 Å². The Kier molecular flexibility index (Phi) is 8.02. The minimum Gasteiger partial charge on any atom is -0.497 e. The maximum atomic E-state index is 15.1. The van der Waals surface area contributed by atoms with Crippen LogP contribution in [0.1, 0.15) is 34.8 Å². The first-order valence-electron chi connectivity index (χ1n) is 17.1. The molecule has 9 heteroatoms. The number of aliphatic hydroxyl groups excluding tert-OH is 1. The number of halogens is 1. The van der Waals surface area contributed by atoms with E-state index in [0.717, 1.165) is 49.2 Å². The summed E-state index contributed by atoms with van der Waals surface area (Å²) < 4.78 is 13.4. The molecule has 3 heterocycles. The molecule has 8 rings (SSSR count). The molecule has 0 aliphatic carbocycles. The molecule has 50 heavy (non-hydrogen) atoms. The van der Waals surface area contributed by atoms with Crippen molar-refractivity contribution < 1.29 is 24.2 Å². The highest BCUT2D eigenvalue weighted by Gasteiger charge is 2.66. The molecule has 3 aliphatic rings. The quantitative estimate of drug-likeness (QED) is 0.163. The van der Waals surface area contributed by atoms with E-state index in [1.165, 1.54) is 5.19 Å². The van der Waals surface area contributed by atoms with Crippen molar-refractivity contribution in [3.05, 3.63) is 124 Å². The average Bonchev–Trinajstić information content (AvgIpc) is 3.67. The first-order chi connectivity index (χ1) is 24.1. The highest BCUT2D eigenvalue weighted by atomic mass is 79.9. The maximum absolute atomic E-state index is 15.1. The lowest BCUT2D eigenvalue weighted by molar-refractivity contribution is -0.146. The van der Waals surface area contributed by atoms with Crippen LogP contribution in [0.3, 0.4) is 0 Å². The lowest BCUT2D eigenvalue weighted by Gasteiger charge is -2.37. The van der Waals surface area contributed by atoms with E-state index in [1.807, 2.05) is 95.9 Å².